The molecule has 8 nitrogen and oxygen atoms in total. The number of aryl methyl sites for hydroxylation is 1. The van der Waals surface area contributed by atoms with Crippen LogP contribution in [0.2, 0.25) is 0 Å². The first-order valence-electron chi connectivity index (χ1n) is 7.60. The summed E-state index contributed by atoms with van der Waals surface area (Å²) in [4.78, 5) is 12.1. The normalized spacial score (nSPS) is 27.3. The van der Waals surface area contributed by atoms with Gasteiger partial charge in [0.1, 0.15) is 5.76 Å². The second-order valence-electron chi connectivity index (χ2n) is 6.09. The van der Waals surface area contributed by atoms with E-state index in [0.717, 1.165) is 0 Å². The third kappa shape index (κ3) is 4.74. The maximum atomic E-state index is 12.1. The summed E-state index contributed by atoms with van der Waals surface area (Å²) in [7, 11) is 1.59. The molecule has 0 spiro atoms. The maximum Gasteiger partial charge on any atom is 0.273 e. The Morgan fingerprint density at radius 2 is 2.13 bits per heavy atom. The molecule has 0 saturated heterocycles. The van der Waals surface area contributed by atoms with Gasteiger partial charge in [-0.2, -0.15) is 0 Å². The van der Waals surface area contributed by atoms with Gasteiger partial charge in [0.2, 0.25) is 0 Å². The number of aliphatic hydroxyl groups is 2. The minimum atomic E-state index is -0.813. The van der Waals surface area contributed by atoms with Gasteiger partial charge in [0, 0.05) is 25.1 Å². The van der Waals surface area contributed by atoms with Gasteiger partial charge in [-0.05, 0) is 19.8 Å². The Balaban J connectivity index is 1.93. The van der Waals surface area contributed by atoms with Crippen molar-refractivity contribution in [2.45, 2.75) is 32.0 Å². The monoisotopic (exact) mass is 328 g/mol. The van der Waals surface area contributed by atoms with Gasteiger partial charge in [-0.1, -0.05) is 5.16 Å². The molecule has 0 radical (unpaired) electrons. The van der Waals surface area contributed by atoms with Crippen LogP contribution in [0.15, 0.2) is 10.6 Å². The minimum absolute atomic E-state index is 0.206. The zero-order valence-corrected chi connectivity index (χ0v) is 13.4. The lowest BCUT2D eigenvalue weighted by Gasteiger charge is -2.28. The summed E-state index contributed by atoms with van der Waals surface area (Å²) in [5, 5.41) is 26.2. The zero-order valence-electron chi connectivity index (χ0n) is 13.4. The van der Waals surface area contributed by atoms with Gasteiger partial charge < -0.3 is 29.5 Å². The predicted molar refractivity (Wildman–Crippen MR) is 79.9 cm³/mol. The quantitative estimate of drug-likeness (QED) is 0.570. The van der Waals surface area contributed by atoms with Gasteiger partial charge in [-0.25, -0.2) is 0 Å². The second-order valence-corrected chi connectivity index (χ2v) is 6.09. The fourth-order valence-electron chi connectivity index (χ4n) is 2.82. The van der Waals surface area contributed by atoms with Crippen LogP contribution in [0.3, 0.4) is 0 Å². The van der Waals surface area contributed by atoms with E-state index in [0.29, 0.717) is 38.4 Å². The number of aromatic nitrogens is 1. The SMILES string of the molecule is COCCOCC1(CNC(=O)c2cc(C)on2)CC(O)C(O)C1. The van der Waals surface area contributed by atoms with Crippen molar-refractivity contribution in [2.75, 3.05) is 33.5 Å². The highest BCUT2D eigenvalue weighted by Gasteiger charge is 2.44. The second kappa shape index (κ2) is 7.87. The molecule has 2 rings (SSSR count). The number of rotatable bonds is 8. The molecule has 0 aromatic carbocycles. The number of methoxy groups -OCH3 is 1. The van der Waals surface area contributed by atoms with E-state index in [1.807, 2.05) is 0 Å². The molecule has 1 fully saturated rings. The Labute approximate surface area is 134 Å². The Morgan fingerprint density at radius 1 is 1.43 bits per heavy atom. The number of nitrogens with zero attached hydrogens (tertiary/aromatic N) is 1. The van der Waals surface area contributed by atoms with Crippen LogP contribution in [0.5, 0.6) is 0 Å². The highest BCUT2D eigenvalue weighted by molar-refractivity contribution is 5.92. The third-order valence-electron chi connectivity index (χ3n) is 4.05. The van der Waals surface area contributed by atoms with Crippen LogP contribution in [-0.4, -0.2) is 67.0 Å². The number of amides is 1. The summed E-state index contributed by atoms with van der Waals surface area (Å²) in [6, 6.07) is 1.55. The standard InChI is InChI=1S/C15H24N2O6/c1-10-5-11(17-23-10)14(20)16-8-15(9-22-4-3-21-2)6-12(18)13(19)7-15/h5,12-13,18-19H,3-4,6-9H2,1-2H3,(H,16,20). The molecular formula is C15H24N2O6. The molecule has 2 atom stereocenters. The molecule has 0 bridgehead atoms. The van der Waals surface area contributed by atoms with Crippen molar-refractivity contribution in [2.24, 2.45) is 5.41 Å². The largest absolute Gasteiger partial charge is 0.390 e. The van der Waals surface area contributed by atoms with E-state index in [-0.39, 0.29) is 18.1 Å². The number of hydrogen-bond acceptors (Lipinski definition) is 7. The fourth-order valence-corrected chi connectivity index (χ4v) is 2.82. The van der Waals surface area contributed by atoms with Gasteiger partial charge in [0.05, 0.1) is 32.0 Å². The van der Waals surface area contributed by atoms with Crippen molar-refractivity contribution in [3.05, 3.63) is 17.5 Å². The average molecular weight is 328 g/mol. The van der Waals surface area contributed by atoms with Crippen LogP contribution < -0.4 is 5.32 Å². The molecule has 1 amide bonds. The van der Waals surface area contributed by atoms with E-state index in [4.69, 9.17) is 14.0 Å². The number of nitrogens with one attached hydrogen (secondary N) is 1. The Hall–Kier alpha value is -1.48. The van der Waals surface area contributed by atoms with E-state index < -0.39 is 17.6 Å². The first-order valence-corrected chi connectivity index (χ1v) is 7.60. The van der Waals surface area contributed by atoms with Crippen molar-refractivity contribution in [1.29, 1.82) is 0 Å². The summed E-state index contributed by atoms with van der Waals surface area (Å²) in [5.41, 5.74) is -0.307. The topological polar surface area (TPSA) is 114 Å². The van der Waals surface area contributed by atoms with Gasteiger partial charge in [-0.15, -0.1) is 0 Å². The number of carbonyl (C=O) groups excluding carboxylic acids is 1. The molecule has 23 heavy (non-hydrogen) atoms. The van der Waals surface area contributed by atoms with Crippen molar-refractivity contribution in [3.8, 4) is 0 Å². The first-order chi connectivity index (χ1) is 11.0. The molecule has 2 unspecified atom stereocenters. The number of ether oxygens (including phenoxy) is 2. The maximum absolute atomic E-state index is 12.1. The third-order valence-corrected chi connectivity index (χ3v) is 4.05. The lowest BCUT2D eigenvalue weighted by Crippen LogP contribution is -2.40. The molecule has 1 aromatic heterocycles. The molecule has 130 valence electrons. The summed E-state index contributed by atoms with van der Waals surface area (Å²) in [6.45, 7) is 3.19. The summed E-state index contributed by atoms with van der Waals surface area (Å²) >= 11 is 0. The lowest BCUT2D eigenvalue weighted by atomic mass is 9.86. The Bertz CT molecular complexity index is 508. The molecule has 1 aliphatic carbocycles. The Morgan fingerprint density at radius 3 is 2.70 bits per heavy atom. The lowest BCUT2D eigenvalue weighted by molar-refractivity contribution is 0.0113. The molecule has 0 aliphatic heterocycles. The van der Waals surface area contributed by atoms with Crippen LogP contribution >= 0.6 is 0 Å². The number of aliphatic hydroxyl groups excluding tert-OH is 2. The summed E-state index contributed by atoms with van der Waals surface area (Å²) in [5.74, 6) is 0.202. The fraction of sp³-hybridized carbons (Fsp3) is 0.733. The zero-order chi connectivity index (χ0) is 16.9. The highest BCUT2D eigenvalue weighted by Crippen LogP contribution is 2.38. The highest BCUT2D eigenvalue weighted by atomic mass is 16.5. The van der Waals surface area contributed by atoms with Crippen molar-refractivity contribution in [1.82, 2.24) is 10.5 Å². The van der Waals surface area contributed by atoms with Crippen molar-refractivity contribution in [3.63, 3.8) is 0 Å². The smallest absolute Gasteiger partial charge is 0.273 e. The number of hydrogen-bond donors (Lipinski definition) is 3. The van der Waals surface area contributed by atoms with E-state index in [1.165, 1.54) is 0 Å². The van der Waals surface area contributed by atoms with E-state index in [2.05, 4.69) is 10.5 Å². The summed E-state index contributed by atoms with van der Waals surface area (Å²) in [6.07, 6.45) is -0.905. The van der Waals surface area contributed by atoms with E-state index in [1.54, 1.807) is 20.1 Å². The van der Waals surface area contributed by atoms with Crippen molar-refractivity contribution >= 4 is 5.91 Å². The molecule has 1 aromatic rings. The first kappa shape index (κ1) is 17.9. The summed E-state index contributed by atoms with van der Waals surface area (Å²) < 4.78 is 15.4. The van der Waals surface area contributed by atoms with Crippen LogP contribution in [-0.2, 0) is 9.47 Å². The van der Waals surface area contributed by atoms with E-state index in [9.17, 15) is 15.0 Å². The molecule has 1 saturated carbocycles. The minimum Gasteiger partial charge on any atom is -0.390 e. The van der Waals surface area contributed by atoms with Gasteiger partial charge >= 0.3 is 0 Å². The average Bonchev–Trinajstić information content (AvgIpc) is 3.06. The van der Waals surface area contributed by atoms with Gasteiger partial charge in [-0.3, -0.25) is 4.79 Å². The van der Waals surface area contributed by atoms with Crippen LogP contribution in [0, 0.1) is 12.3 Å². The number of carbonyl (C=O) groups is 1. The molecule has 8 heteroatoms. The predicted octanol–water partition coefficient (Wildman–Crippen LogP) is -0.122. The van der Waals surface area contributed by atoms with Crippen LogP contribution in [0.4, 0.5) is 0 Å². The Kier molecular flexibility index (Phi) is 6.11. The molecule has 3 N–H and O–H groups in total. The van der Waals surface area contributed by atoms with Gasteiger partial charge in [0.25, 0.3) is 5.91 Å². The van der Waals surface area contributed by atoms with Crippen LogP contribution in [0.1, 0.15) is 29.1 Å². The molecule has 1 aliphatic rings. The van der Waals surface area contributed by atoms with E-state index >= 15 is 0 Å². The van der Waals surface area contributed by atoms with Crippen LogP contribution in [0.25, 0.3) is 0 Å². The molecular weight excluding hydrogens is 304 g/mol. The van der Waals surface area contributed by atoms with Crippen molar-refractivity contribution < 1.29 is 29.0 Å². The molecule has 1 heterocycles. The van der Waals surface area contributed by atoms with Gasteiger partial charge in [0.15, 0.2) is 5.69 Å².